The zero-order chi connectivity index (χ0) is 16.4. The van der Waals surface area contributed by atoms with E-state index in [1.807, 2.05) is 31.2 Å². The Balaban J connectivity index is 1.99. The Morgan fingerprint density at radius 2 is 1.70 bits per heavy atom. The molecule has 23 heavy (non-hydrogen) atoms. The Morgan fingerprint density at radius 3 is 2.39 bits per heavy atom. The summed E-state index contributed by atoms with van der Waals surface area (Å²) in [5.74, 6) is -0.394. The molecule has 1 aromatic heterocycles. The van der Waals surface area contributed by atoms with Crippen LogP contribution in [0.2, 0.25) is 0 Å². The Kier molecular flexibility index (Phi) is 3.93. The molecule has 0 N–H and O–H groups in total. The second kappa shape index (κ2) is 6.04. The van der Waals surface area contributed by atoms with Gasteiger partial charge >= 0.3 is 11.1 Å². The minimum Gasteiger partial charge on any atom is -0.305 e. The average molecular weight is 310 g/mol. The number of benzene rings is 2. The molecule has 3 aromatic rings. The van der Waals surface area contributed by atoms with Gasteiger partial charge in [0.05, 0.1) is 6.54 Å². The van der Waals surface area contributed by atoms with Gasteiger partial charge in [0.1, 0.15) is 5.82 Å². The maximum Gasteiger partial charge on any atom is 0.320 e. The van der Waals surface area contributed by atoms with Crippen molar-refractivity contribution in [3.63, 3.8) is 0 Å². The van der Waals surface area contributed by atoms with Crippen molar-refractivity contribution in [1.29, 1.82) is 0 Å². The smallest absolute Gasteiger partial charge is 0.305 e. The molecular weight excluding hydrogens is 295 g/mol. The van der Waals surface area contributed by atoms with Gasteiger partial charge in [0.2, 0.25) is 0 Å². The lowest BCUT2D eigenvalue weighted by Gasteiger charge is -2.09. The number of hydrogen-bond donors (Lipinski definition) is 0. The number of aryl methyl sites for hydroxylation is 1. The summed E-state index contributed by atoms with van der Waals surface area (Å²) in [6.07, 6.45) is 3.09. The SMILES string of the molecule is Cc1cccc(Cn2ccn(-c3ccc(F)cc3)c(=O)c2=O)c1. The lowest BCUT2D eigenvalue weighted by Crippen LogP contribution is -2.40. The highest BCUT2D eigenvalue weighted by molar-refractivity contribution is 5.31. The molecule has 4 nitrogen and oxygen atoms in total. The minimum absolute atomic E-state index is 0.333. The van der Waals surface area contributed by atoms with Crippen molar-refractivity contribution in [3.05, 3.63) is 98.6 Å². The van der Waals surface area contributed by atoms with Crippen LogP contribution < -0.4 is 11.1 Å². The van der Waals surface area contributed by atoms with Gasteiger partial charge in [-0.1, -0.05) is 29.8 Å². The van der Waals surface area contributed by atoms with Crippen LogP contribution in [0.3, 0.4) is 0 Å². The number of rotatable bonds is 3. The standard InChI is InChI=1S/C18H15FN2O2/c1-13-3-2-4-14(11-13)12-20-9-10-21(18(23)17(20)22)16-7-5-15(19)6-8-16/h2-11H,12H2,1H3. The van der Waals surface area contributed by atoms with Gasteiger partial charge in [-0.2, -0.15) is 0 Å². The first kappa shape index (κ1) is 15.0. The molecule has 0 amide bonds. The molecule has 0 unspecified atom stereocenters. The first-order valence-corrected chi connectivity index (χ1v) is 7.18. The molecule has 0 aliphatic carbocycles. The van der Waals surface area contributed by atoms with E-state index in [0.717, 1.165) is 11.1 Å². The highest BCUT2D eigenvalue weighted by Crippen LogP contribution is 2.07. The number of aromatic nitrogens is 2. The lowest BCUT2D eigenvalue weighted by atomic mass is 10.1. The van der Waals surface area contributed by atoms with Gasteiger partial charge < -0.3 is 4.57 Å². The van der Waals surface area contributed by atoms with Crippen molar-refractivity contribution < 1.29 is 4.39 Å². The van der Waals surface area contributed by atoms with E-state index in [4.69, 9.17) is 0 Å². The molecule has 0 aliphatic rings. The Morgan fingerprint density at radius 1 is 0.957 bits per heavy atom. The monoisotopic (exact) mass is 310 g/mol. The Hall–Kier alpha value is -2.95. The first-order valence-electron chi connectivity index (χ1n) is 7.18. The lowest BCUT2D eigenvalue weighted by molar-refractivity contribution is 0.627. The van der Waals surface area contributed by atoms with Crippen molar-refractivity contribution in [2.45, 2.75) is 13.5 Å². The summed E-state index contributed by atoms with van der Waals surface area (Å²) in [7, 11) is 0. The molecular formula is C18H15FN2O2. The second-order valence-electron chi connectivity index (χ2n) is 5.37. The van der Waals surface area contributed by atoms with Crippen molar-refractivity contribution in [3.8, 4) is 5.69 Å². The molecule has 1 heterocycles. The third-order valence-corrected chi connectivity index (χ3v) is 3.60. The van der Waals surface area contributed by atoms with Crippen molar-refractivity contribution in [1.82, 2.24) is 9.13 Å². The molecule has 0 bridgehead atoms. The molecule has 0 saturated carbocycles. The number of hydrogen-bond acceptors (Lipinski definition) is 2. The van der Waals surface area contributed by atoms with Gasteiger partial charge in [-0.25, -0.2) is 4.39 Å². The normalized spacial score (nSPS) is 10.7. The highest BCUT2D eigenvalue weighted by Gasteiger charge is 2.07. The summed E-state index contributed by atoms with van der Waals surface area (Å²) in [6, 6.07) is 13.2. The van der Waals surface area contributed by atoms with Gasteiger partial charge in [-0.15, -0.1) is 0 Å². The third-order valence-electron chi connectivity index (χ3n) is 3.60. The van der Waals surface area contributed by atoms with E-state index in [-0.39, 0.29) is 0 Å². The van der Waals surface area contributed by atoms with E-state index < -0.39 is 16.9 Å². The fourth-order valence-corrected chi connectivity index (χ4v) is 2.45. The van der Waals surface area contributed by atoms with E-state index in [1.165, 1.54) is 39.6 Å². The van der Waals surface area contributed by atoms with Gasteiger partial charge in [0.25, 0.3) is 0 Å². The molecule has 116 valence electrons. The number of halogens is 1. The van der Waals surface area contributed by atoms with Crippen molar-refractivity contribution in [2.24, 2.45) is 0 Å². The first-order chi connectivity index (χ1) is 11.0. The fourth-order valence-electron chi connectivity index (χ4n) is 2.45. The topological polar surface area (TPSA) is 44.0 Å². The summed E-state index contributed by atoms with van der Waals surface area (Å²) in [6.45, 7) is 2.30. The molecule has 0 fully saturated rings. The van der Waals surface area contributed by atoms with Crippen LogP contribution in [0.25, 0.3) is 5.69 Å². The Bertz CT molecular complexity index is 956. The van der Waals surface area contributed by atoms with Crippen LogP contribution in [-0.2, 0) is 6.54 Å². The van der Waals surface area contributed by atoms with Gasteiger partial charge in [-0.3, -0.25) is 14.2 Å². The maximum atomic E-state index is 13.0. The van der Waals surface area contributed by atoms with E-state index in [2.05, 4.69) is 0 Å². The van der Waals surface area contributed by atoms with E-state index in [9.17, 15) is 14.0 Å². The van der Waals surface area contributed by atoms with Crippen LogP contribution in [0, 0.1) is 12.7 Å². The predicted molar refractivity (Wildman–Crippen MR) is 86.5 cm³/mol. The second-order valence-corrected chi connectivity index (χ2v) is 5.37. The Labute approximate surface area is 132 Å². The molecule has 2 aromatic carbocycles. The van der Waals surface area contributed by atoms with Crippen LogP contribution in [0.4, 0.5) is 4.39 Å². The molecule has 0 saturated heterocycles. The highest BCUT2D eigenvalue weighted by atomic mass is 19.1. The van der Waals surface area contributed by atoms with Crippen molar-refractivity contribution in [2.75, 3.05) is 0 Å². The van der Waals surface area contributed by atoms with Crippen LogP contribution >= 0.6 is 0 Å². The summed E-state index contributed by atoms with van der Waals surface area (Å²) in [4.78, 5) is 24.5. The fraction of sp³-hybridized carbons (Fsp3) is 0.111. The van der Waals surface area contributed by atoms with E-state index in [1.54, 1.807) is 6.20 Å². The van der Waals surface area contributed by atoms with Gasteiger partial charge in [0, 0.05) is 18.1 Å². The van der Waals surface area contributed by atoms with Crippen LogP contribution in [0.15, 0.2) is 70.5 Å². The maximum absolute atomic E-state index is 13.0. The molecule has 3 rings (SSSR count). The zero-order valence-electron chi connectivity index (χ0n) is 12.6. The van der Waals surface area contributed by atoms with E-state index in [0.29, 0.717) is 12.2 Å². The summed E-state index contributed by atoms with van der Waals surface area (Å²) >= 11 is 0. The summed E-state index contributed by atoms with van der Waals surface area (Å²) in [5.41, 5.74) is 1.22. The molecule has 0 atom stereocenters. The van der Waals surface area contributed by atoms with Gasteiger partial charge in [-0.05, 0) is 36.8 Å². The molecule has 0 aliphatic heterocycles. The quantitative estimate of drug-likeness (QED) is 0.698. The minimum atomic E-state index is -0.660. The predicted octanol–water partition coefficient (Wildman–Crippen LogP) is 2.50. The van der Waals surface area contributed by atoms with E-state index >= 15 is 0 Å². The number of nitrogens with zero attached hydrogens (tertiary/aromatic N) is 2. The van der Waals surface area contributed by atoms with Crippen LogP contribution in [0.5, 0.6) is 0 Å². The zero-order valence-corrected chi connectivity index (χ0v) is 12.6. The van der Waals surface area contributed by atoms with Gasteiger partial charge in [0.15, 0.2) is 0 Å². The summed E-state index contributed by atoms with van der Waals surface area (Å²) < 4.78 is 15.6. The van der Waals surface area contributed by atoms with Crippen molar-refractivity contribution >= 4 is 0 Å². The average Bonchev–Trinajstić information content (AvgIpc) is 2.53. The summed E-state index contributed by atoms with van der Waals surface area (Å²) in [5, 5.41) is 0. The molecule has 0 radical (unpaired) electrons. The molecule has 5 heteroatoms. The third kappa shape index (κ3) is 3.13. The van der Waals surface area contributed by atoms with Crippen LogP contribution in [-0.4, -0.2) is 9.13 Å². The molecule has 0 spiro atoms. The van der Waals surface area contributed by atoms with Crippen LogP contribution in [0.1, 0.15) is 11.1 Å². The largest absolute Gasteiger partial charge is 0.320 e.